The van der Waals surface area contributed by atoms with Crippen LogP contribution in [0.3, 0.4) is 0 Å². The first-order valence-electron chi connectivity index (χ1n) is 6.54. The van der Waals surface area contributed by atoms with Crippen molar-refractivity contribution in [2.45, 2.75) is 32.7 Å². The van der Waals surface area contributed by atoms with Gasteiger partial charge in [0.1, 0.15) is 5.78 Å². The first kappa shape index (κ1) is 13.6. The lowest BCUT2D eigenvalue weighted by atomic mass is 9.98. The Morgan fingerprint density at radius 1 is 1.44 bits per heavy atom. The summed E-state index contributed by atoms with van der Waals surface area (Å²) in [5.74, 6) is 2.59. The molecule has 0 aromatic heterocycles. The Bertz CT molecular complexity index is 425. The molecule has 1 aromatic rings. The highest BCUT2D eigenvalue weighted by atomic mass is 32.2. The predicted molar refractivity (Wildman–Crippen MR) is 78.4 cm³/mol. The van der Waals surface area contributed by atoms with E-state index in [-0.39, 0.29) is 0 Å². The Kier molecular flexibility index (Phi) is 4.84. The Balaban J connectivity index is 1.92. The van der Waals surface area contributed by atoms with Gasteiger partial charge in [-0.25, -0.2) is 0 Å². The second kappa shape index (κ2) is 6.39. The average Bonchev–Trinajstić information content (AvgIpc) is 2.35. The molecule has 1 heterocycles. The van der Waals surface area contributed by atoms with Gasteiger partial charge in [-0.1, -0.05) is 23.8 Å². The van der Waals surface area contributed by atoms with Crippen LogP contribution in [-0.4, -0.2) is 29.9 Å². The molecule has 0 radical (unpaired) electrons. The fraction of sp³-hybridized carbons (Fsp3) is 0.533. The van der Waals surface area contributed by atoms with Crippen LogP contribution in [0.4, 0.5) is 0 Å². The van der Waals surface area contributed by atoms with Gasteiger partial charge in [0, 0.05) is 36.9 Å². The number of nitrogens with one attached hydrogen (secondary N) is 1. The molecule has 2 nitrogen and oxygen atoms in total. The van der Waals surface area contributed by atoms with Gasteiger partial charge in [-0.05, 0) is 25.0 Å². The Labute approximate surface area is 114 Å². The number of rotatable bonds is 4. The van der Waals surface area contributed by atoms with Gasteiger partial charge >= 0.3 is 0 Å². The van der Waals surface area contributed by atoms with Crippen LogP contribution in [0.25, 0.3) is 0 Å². The standard InChI is InChI=1S/C15H21NOS/c1-11-3-4-12(2)13(7-11)8-15(17)9-14-10-18-6-5-16-14/h3-4,7,14,16H,5-6,8-10H2,1-2H3. The molecule has 1 fully saturated rings. The number of Topliss-reactive ketones (excluding diaryl/α,β-unsaturated/α-hetero) is 1. The van der Waals surface area contributed by atoms with E-state index < -0.39 is 0 Å². The molecule has 1 aliphatic rings. The van der Waals surface area contributed by atoms with Crippen LogP contribution in [-0.2, 0) is 11.2 Å². The molecule has 1 atom stereocenters. The van der Waals surface area contributed by atoms with Crippen molar-refractivity contribution in [1.82, 2.24) is 5.32 Å². The van der Waals surface area contributed by atoms with Crippen LogP contribution in [0.2, 0.25) is 0 Å². The van der Waals surface area contributed by atoms with E-state index in [2.05, 4.69) is 37.4 Å². The third kappa shape index (κ3) is 3.85. The summed E-state index contributed by atoms with van der Waals surface area (Å²) in [6.45, 7) is 5.19. The van der Waals surface area contributed by atoms with Crippen molar-refractivity contribution in [3.8, 4) is 0 Å². The highest BCUT2D eigenvalue weighted by Crippen LogP contribution is 2.15. The van der Waals surface area contributed by atoms with Gasteiger partial charge in [-0.2, -0.15) is 11.8 Å². The van der Waals surface area contributed by atoms with Crippen LogP contribution in [0.5, 0.6) is 0 Å². The van der Waals surface area contributed by atoms with Crippen molar-refractivity contribution < 1.29 is 4.79 Å². The van der Waals surface area contributed by atoms with Crippen molar-refractivity contribution >= 4 is 17.5 Å². The van der Waals surface area contributed by atoms with Crippen LogP contribution in [0.1, 0.15) is 23.1 Å². The van der Waals surface area contributed by atoms with E-state index in [9.17, 15) is 4.79 Å². The number of carbonyl (C=O) groups excluding carboxylic acids is 1. The molecule has 0 spiro atoms. The van der Waals surface area contributed by atoms with Gasteiger partial charge in [-0.3, -0.25) is 4.79 Å². The second-order valence-corrected chi connectivity index (χ2v) is 6.23. The number of thioether (sulfide) groups is 1. The minimum absolute atomic E-state index is 0.351. The van der Waals surface area contributed by atoms with Crippen molar-refractivity contribution in [3.05, 3.63) is 34.9 Å². The van der Waals surface area contributed by atoms with E-state index in [0.29, 0.717) is 24.7 Å². The summed E-state index contributed by atoms with van der Waals surface area (Å²) < 4.78 is 0. The predicted octanol–water partition coefficient (Wildman–Crippen LogP) is 2.51. The van der Waals surface area contributed by atoms with Crippen molar-refractivity contribution in [2.75, 3.05) is 18.1 Å². The van der Waals surface area contributed by atoms with Crippen LogP contribution >= 0.6 is 11.8 Å². The third-order valence-electron chi connectivity index (χ3n) is 3.36. The Morgan fingerprint density at radius 2 is 2.28 bits per heavy atom. The second-order valence-electron chi connectivity index (χ2n) is 5.08. The summed E-state index contributed by atoms with van der Waals surface area (Å²) in [6.07, 6.45) is 1.25. The highest BCUT2D eigenvalue weighted by Gasteiger charge is 2.17. The van der Waals surface area contributed by atoms with E-state index in [1.165, 1.54) is 22.4 Å². The fourth-order valence-corrected chi connectivity index (χ4v) is 3.25. The number of hydrogen-bond donors (Lipinski definition) is 1. The summed E-state index contributed by atoms with van der Waals surface area (Å²) in [6, 6.07) is 6.72. The largest absolute Gasteiger partial charge is 0.312 e. The Morgan fingerprint density at radius 3 is 3.00 bits per heavy atom. The van der Waals surface area contributed by atoms with Crippen molar-refractivity contribution in [2.24, 2.45) is 0 Å². The Hall–Kier alpha value is -0.800. The zero-order valence-electron chi connectivity index (χ0n) is 11.2. The average molecular weight is 263 g/mol. The lowest BCUT2D eigenvalue weighted by Gasteiger charge is -2.22. The first-order chi connectivity index (χ1) is 8.65. The van der Waals surface area contributed by atoms with Gasteiger partial charge in [-0.15, -0.1) is 0 Å². The zero-order valence-corrected chi connectivity index (χ0v) is 12.0. The van der Waals surface area contributed by atoms with Crippen LogP contribution in [0, 0.1) is 13.8 Å². The number of carbonyl (C=O) groups is 1. The van der Waals surface area contributed by atoms with Gasteiger partial charge in [0.15, 0.2) is 0 Å². The maximum atomic E-state index is 12.1. The molecule has 1 N–H and O–H groups in total. The molecule has 0 bridgehead atoms. The lowest BCUT2D eigenvalue weighted by Crippen LogP contribution is -2.39. The molecule has 1 saturated heterocycles. The van der Waals surface area contributed by atoms with Crippen LogP contribution < -0.4 is 5.32 Å². The minimum atomic E-state index is 0.351. The number of aryl methyl sites for hydroxylation is 2. The van der Waals surface area contributed by atoms with Gasteiger partial charge in [0.25, 0.3) is 0 Å². The molecule has 2 rings (SSSR count). The quantitative estimate of drug-likeness (QED) is 0.905. The summed E-state index contributed by atoms with van der Waals surface area (Å²) in [7, 11) is 0. The molecule has 98 valence electrons. The van der Waals surface area contributed by atoms with E-state index in [1.54, 1.807) is 0 Å². The van der Waals surface area contributed by atoms with Crippen molar-refractivity contribution in [1.29, 1.82) is 0 Å². The minimum Gasteiger partial charge on any atom is -0.312 e. The number of benzene rings is 1. The molecule has 1 aliphatic heterocycles. The molecular formula is C15H21NOS. The number of hydrogen-bond acceptors (Lipinski definition) is 3. The third-order valence-corrected chi connectivity index (χ3v) is 4.50. The SMILES string of the molecule is Cc1ccc(C)c(CC(=O)CC2CSCCN2)c1. The van der Waals surface area contributed by atoms with Gasteiger partial charge in [0.05, 0.1) is 0 Å². The normalized spacial score (nSPS) is 19.8. The molecule has 1 aromatic carbocycles. The molecule has 18 heavy (non-hydrogen) atoms. The van der Waals surface area contributed by atoms with Gasteiger partial charge in [0.2, 0.25) is 0 Å². The topological polar surface area (TPSA) is 29.1 Å². The highest BCUT2D eigenvalue weighted by molar-refractivity contribution is 7.99. The van der Waals surface area contributed by atoms with E-state index >= 15 is 0 Å². The molecular weight excluding hydrogens is 242 g/mol. The van der Waals surface area contributed by atoms with Crippen molar-refractivity contribution in [3.63, 3.8) is 0 Å². The fourth-order valence-electron chi connectivity index (χ4n) is 2.30. The summed E-state index contributed by atoms with van der Waals surface area (Å²) in [4.78, 5) is 12.1. The molecule has 1 unspecified atom stereocenters. The first-order valence-corrected chi connectivity index (χ1v) is 7.69. The van der Waals surface area contributed by atoms with E-state index in [4.69, 9.17) is 0 Å². The molecule has 3 heteroatoms. The molecule has 0 amide bonds. The maximum absolute atomic E-state index is 12.1. The summed E-state index contributed by atoms with van der Waals surface area (Å²) in [5.41, 5.74) is 3.64. The van der Waals surface area contributed by atoms with Gasteiger partial charge < -0.3 is 5.32 Å². The zero-order chi connectivity index (χ0) is 13.0. The van der Waals surface area contributed by atoms with E-state index in [0.717, 1.165) is 12.3 Å². The molecule has 0 saturated carbocycles. The lowest BCUT2D eigenvalue weighted by molar-refractivity contribution is -0.118. The van der Waals surface area contributed by atoms with Crippen LogP contribution in [0.15, 0.2) is 18.2 Å². The van der Waals surface area contributed by atoms with E-state index in [1.807, 2.05) is 11.8 Å². The molecule has 0 aliphatic carbocycles. The number of ketones is 1. The maximum Gasteiger partial charge on any atom is 0.138 e. The summed E-state index contributed by atoms with van der Waals surface area (Å²) >= 11 is 1.94. The smallest absolute Gasteiger partial charge is 0.138 e. The monoisotopic (exact) mass is 263 g/mol. The summed E-state index contributed by atoms with van der Waals surface area (Å²) in [5, 5.41) is 3.42.